The summed E-state index contributed by atoms with van der Waals surface area (Å²) >= 11 is 0. The van der Waals surface area contributed by atoms with E-state index in [2.05, 4.69) is 30.2 Å². The molecule has 2 aromatic carbocycles. The molecular formula is C21H23N3O2S. The third-order valence-corrected chi connectivity index (χ3v) is 7.13. The third kappa shape index (κ3) is 3.42. The van der Waals surface area contributed by atoms with Crippen molar-refractivity contribution in [3.8, 4) is 0 Å². The van der Waals surface area contributed by atoms with Crippen LogP contribution in [0.2, 0.25) is 0 Å². The summed E-state index contributed by atoms with van der Waals surface area (Å²) in [6.07, 6.45) is 1.86. The molecule has 1 aliphatic rings. The van der Waals surface area contributed by atoms with Crippen LogP contribution < -0.4 is 5.32 Å². The first-order chi connectivity index (χ1) is 12.9. The summed E-state index contributed by atoms with van der Waals surface area (Å²) in [4.78, 5) is 4.98. The zero-order chi connectivity index (χ0) is 19.0. The number of aromatic nitrogens is 1. The number of hydrogen-bond donors (Lipinski definition) is 1. The van der Waals surface area contributed by atoms with E-state index in [0.29, 0.717) is 18.0 Å². The summed E-state index contributed by atoms with van der Waals surface area (Å²) < 4.78 is 27.1. The minimum Gasteiger partial charge on any atom is -0.340 e. The highest BCUT2D eigenvalue weighted by molar-refractivity contribution is 7.89. The lowest BCUT2D eigenvalue weighted by atomic mass is 10.1. The van der Waals surface area contributed by atoms with Gasteiger partial charge in [-0.3, -0.25) is 0 Å². The molecule has 3 aromatic rings. The fraction of sp³-hybridized carbons (Fsp3) is 0.286. The number of anilines is 2. The van der Waals surface area contributed by atoms with Crippen LogP contribution in [0, 0.1) is 13.8 Å². The molecule has 0 atom stereocenters. The van der Waals surface area contributed by atoms with E-state index in [4.69, 9.17) is 0 Å². The second-order valence-electron chi connectivity index (χ2n) is 7.03. The molecule has 0 spiro atoms. The van der Waals surface area contributed by atoms with Gasteiger partial charge in [0.15, 0.2) is 0 Å². The van der Waals surface area contributed by atoms with Crippen LogP contribution in [0.25, 0.3) is 10.9 Å². The molecule has 1 saturated heterocycles. The van der Waals surface area contributed by atoms with Crippen LogP contribution in [-0.2, 0) is 10.0 Å². The van der Waals surface area contributed by atoms with Crippen molar-refractivity contribution in [1.82, 2.24) is 9.29 Å². The first-order valence-electron chi connectivity index (χ1n) is 9.19. The molecule has 6 heteroatoms. The van der Waals surface area contributed by atoms with E-state index in [-0.39, 0.29) is 0 Å². The Labute approximate surface area is 160 Å². The molecule has 0 amide bonds. The molecule has 1 fully saturated rings. The van der Waals surface area contributed by atoms with E-state index in [9.17, 15) is 8.42 Å². The molecule has 1 aromatic heterocycles. The molecule has 0 unspecified atom stereocenters. The van der Waals surface area contributed by atoms with Gasteiger partial charge >= 0.3 is 0 Å². The average molecular weight is 382 g/mol. The third-order valence-electron chi connectivity index (χ3n) is 5.23. The zero-order valence-corrected chi connectivity index (χ0v) is 16.4. The van der Waals surface area contributed by atoms with E-state index in [1.54, 1.807) is 22.5 Å². The van der Waals surface area contributed by atoms with Gasteiger partial charge in [0, 0.05) is 24.2 Å². The molecule has 1 aliphatic heterocycles. The van der Waals surface area contributed by atoms with Gasteiger partial charge in [-0.1, -0.05) is 12.1 Å². The highest BCUT2D eigenvalue weighted by Crippen LogP contribution is 2.26. The molecule has 0 saturated carbocycles. The fourth-order valence-electron chi connectivity index (χ4n) is 3.44. The van der Waals surface area contributed by atoms with Gasteiger partial charge in [0.25, 0.3) is 0 Å². The summed E-state index contributed by atoms with van der Waals surface area (Å²) in [5.74, 6) is 0.742. The van der Waals surface area contributed by atoms with Gasteiger partial charge in [-0.25, -0.2) is 13.4 Å². The SMILES string of the molecule is Cc1cccc(Nc2ccc3cc(S(=O)(=O)N4CCCC4)ccc3n2)c1C. The second kappa shape index (κ2) is 6.94. The van der Waals surface area contributed by atoms with E-state index in [1.165, 1.54) is 11.1 Å². The average Bonchev–Trinajstić information content (AvgIpc) is 3.21. The van der Waals surface area contributed by atoms with Crippen LogP contribution >= 0.6 is 0 Å². The van der Waals surface area contributed by atoms with Crippen LogP contribution in [0.1, 0.15) is 24.0 Å². The molecular weight excluding hydrogens is 358 g/mol. The first kappa shape index (κ1) is 17.9. The summed E-state index contributed by atoms with van der Waals surface area (Å²) in [5, 5.41) is 4.18. The Morgan fingerprint density at radius 2 is 1.78 bits per heavy atom. The normalized spacial score (nSPS) is 15.3. The van der Waals surface area contributed by atoms with E-state index >= 15 is 0 Å². The molecule has 2 heterocycles. The van der Waals surface area contributed by atoms with Crippen LogP contribution in [0.15, 0.2) is 53.4 Å². The molecule has 4 rings (SSSR count). The largest absolute Gasteiger partial charge is 0.340 e. The molecule has 1 N–H and O–H groups in total. The maximum Gasteiger partial charge on any atom is 0.243 e. The van der Waals surface area contributed by atoms with Crippen molar-refractivity contribution in [1.29, 1.82) is 0 Å². The Balaban J connectivity index is 1.65. The maximum absolute atomic E-state index is 12.7. The monoisotopic (exact) mass is 381 g/mol. The predicted molar refractivity (Wildman–Crippen MR) is 109 cm³/mol. The smallest absolute Gasteiger partial charge is 0.243 e. The minimum atomic E-state index is -3.41. The second-order valence-corrected chi connectivity index (χ2v) is 8.97. The van der Waals surface area contributed by atoms with Gasteiger partial charge in [-0.2, -0.15) is 4.31 Å². The highest BCUT2D eigenvalue weighted by Gasteiger charge is 2.27. The van der Waals surface area contributed by atoms with Crippen molar-refractivity contribution in [2.24, 2.45) is 0 Å². The molecule has 0 radical (unpaired) electrons. The van der Waals surface area contributed by atoms with Gasteiger partial charge in [0.1, 0.15) is 5.82 Å². The fourth-order valence-corrected chi connectivity index (χ4v) is 4.99. The van der Waals surface area contributed by atoms with Crippen molar-refractivity contribution >= 4 is 32.4 Å². The molecule has 0 aliphatic carbocycles. The lowest BCUT2D eigenvalue weighted by Gasteiger charge is -2.16. The summed E-state index contributed by atoms with van der Waals surface area (Å²) in [5.41, 5.74) is 4.20. The maximum atomic E-state index is 12.7. The van der Waals surface area contributed by atoms with Crippen LogP contribution in [-0.4, -0.2) is 30.8 Å². The minimum absolute atomic E-state index is 0.342. The first-order valence-corrected chi connectivity index (χ1v) is 10.6. The molecule has 0 bridgehead atoms. The number of rotatable bonds is 4. The topological polar surface area (TPSA) is 62.3 Å². The molecule has 140 valence electrons. The zero-order valence-electron chi connectivity index (χ0n) is 15.6. The van der Waals surface area contributed by atoms with Crippen molar-refractivity contribution < 1.29 is 8.42 Å². The summed E-state index contributed by atoms with van der Waals surface area (Å²) in [6, 6.07) is 15.1. The predicted octanol–water partition coefficient (Wildman–Crippen LogP) is 4.38. The summed E-state index contributed by atoms with van der Waals surface area (Å²) in [7, 11) is -3.41. The Bertz CT molecular complexity index is 1100. The number of nitrogens with zero attached hydrogens (tertiary/aromatic N) is 2. The van der Waals surface area contributed by atoms with E-state index < -0.39 is 10.0 Å². The quantitative estimate of drug-likeness (QED) is 0.728. The number of hydrogen-bond acceptors (Lipinski definition) is 4. The Hall–Kier alpha value is -2.44. The number of pyridine rings is 1. The number of fused-ring (bicyclic) bond motifs is 1. The number of sulfonamides is 1. The van der Waals surface area contributed by atoms with Crippen molar-refractivity contribution in [3.05, 3.63) is 59.7 Å². The lowest BCUT2D eigenvalue weighted by Crippen LogP contribution is -2.27. The van der Waals surface area contributed by atoms with E-state index in [1.807, 2.05) is 24.3 Å². The lowest BCUT2D eigenvalue weighted by molar-refractivity contribution is 0.477. The summed E-state index contributed by atoms with van der Waals surface area (Å²) in [6.45, 7) is 5.37. The van der Waals surface area contributed by atoms with Gasteiger partial charge in [0.2, 0.25) is 10.0 Å². The Morgan fingerprint density at radius 1 is 1.00 bits per heavy atom. The van der Waals surface area contributed by atoms with Gasteiger partial charge in [0.05, 0.1) is 10.4 Å². The van der Waals surface area contributed by atoms with Crippen molar-refractivity contribution in [3.63, 3.8) is 0 Å². The highest BCUT2D eigenvalue weighted by atomic mass is 32.2. The van der Waals surface area contributed by atoms with Crippen LogP contribution in [0.5, 0.6) is 0 Å². The van der Waals surface area contributed by atoms with Crippen LogP contribution in [0.3, 0.4) is 0 Å². The van der Waals surface area contributed by atoms with Crippen LogP contribution in [0.4, 0.5) is 11.5 Å². The molecule has 5 nitrogen and oxygen atoms in total. The number of aryl methyl sites for hydroxylation is 1. The van der Waals surface area contributed by atoms with Gasteiger partial charge in [-0.15, -0.1) is 0 Å². The Morgan fingerprint density at radius 3 is 2.56 bits per heavy atom. The molecule has 27 heavy (non-hydrogen) atoms. The number of nitrogens with one attached hydrogen (secondary N) is 1. The standard InChI is InChI=1S/C21H23N3O2S/c1-15-6-5-7-19(16(15)2)22-21-11-8-17-14-18(9-10-20(17)23-21)27(25,26)24-12-3-4-13-24/h5-11,14H,3-4,12-13H2,1-2H3,(H,22,23). The van der Waals surface area contributed by atoms with Crippen molar-refractivity contribution in [2.75, 3.05) is 18.4 Å². The van der Waals surface area contributed by atoms with E-state index in [0.717, 1.165) is 35.2 Å². The van der Waals surface area contributed by atoms with Crippen molar-refractivity contribution in [2.45, 2.75) is 31.6 Å². The Kier molecular flexibility index (Phi) is 4.61. The van der Waals surface area contributed by atoms with Gasteiger partial charge < -0.3 is 5.32 Å². The number of benzene rings is 2. The van der Waals surface area contributed by atoms with Gasteiger partial charge in [-0.05, 0) is 74.2 Å².